The van der Waals surface area contributed by atoms with E-state index in [4.69, 9.17) is 0 Å². The lowest BCUT2D eigenvalue weighted by Crippen LogP contribution is -2.19. The van der Waals surface area contributed by atoms with Gasteiger partial charge in [0.1, 0.15) is 11.6 Å². The molecule has 0 aliphatic rings. The van der Waals surface area contributed by atoms with E-state index in [1.165, 1.54) is 25.0 Å². The first-order valence-electron chi connectivity index (χ1n) is 5.81. The average Bonchev–Trinajstić information content (AvgIpc) is 2.27. The summed E-state index contributed by atoms with van der Waals surface area (Å²) in [4.78, 5) is 1.77. The van der Waals surface area contributed by atoms with E-state index in [1.807, 2.05) is 0 Å². The lowest BCUT2D eigenvalue weighted by atomic mass is 10.2. The van der Waals surface area contributed by atoms with E-state index in [0.717, 1.165) is 25.5 Å². The van der Waals surface area contributed by atoms with Crippen LogP contribution in [0.1, 0.15) is 32.6 Å². The third-order valence-corrected chi connectivity index (χ3v) is 2.67. The van der Waals surface area contributed by atoms with E-state index < -0.39 is 5.82 Å². The zero-order valence-electron chi connectivity index (χ0n) is 9.97. The van der Waals surface area contributed by atoms with Gasteiger partial charge in [-0.2, -0.15) is 0 Å². The first-order valence-corrected chi connectivity index (χ1v) is 5.81. The summed E-state index contributed by atoms with van der Waals surface area (Å²) >= 11 is 0. The summed E-state index contributed by atoms with van der Waals surface area (Å²) in [6.07, 6.45) is 4.52. The molecular weight excluding hydrogens is 208 g/mol. The minimum absolute atomic E-state index is 0.344. The van der Waals surface area contributed by atoms with Crippen molar-refractivity contribution < 1.29 is 8.78 Å². The maximum atomic E-state index is 13.4. The normalized spacial score (nSPS) is 10.5. The van der Waals surface area contributed by atoms with E-state index >= 15 is 0 Å². The summed E-state index contributed by atoms with van der Waals surface area (Å²) in [6.45, 7) is 2.91. The predicted molar refractivity (Wildman–Crippen MR) is 63.8 cm³/mol. The first-order chi connectivity index (χ1) is 7.65. The number of nitrogens with zero attached hydrogens (tertiary/aromatic N) is 1. The second-order valence-corrected chi connectivity index (χ2v) is 4.08. The van der Waals surface area contributed by atoms with Gasteiger partial charge in [-0.05, 0) is 18.6 Å². The summed E-state index contributed by atoms with van der Waals surface area (Å²) in [5.74, 6) is -0.754. The van der Waals surface area contributed by atoms with Gasteiger partial charge >= 0.3 is 0 Å². The second kappa shape index (κ2) is 6.46. The third kappa shape index (κ3) is 3.80. The number of hydrogen-bond acceptors (Lipinski definition) is 1. The Bertz CT molecular complexity index is 326. The molecule has 1 rings (SSSR count). The molecule has 1 aromatic carbocycles. The second-order valence-electron chi connectivity index (χ2n) is 4.08. The molecule has 0 spiro atoms. The molecule has 1 aromatic rings. The quantitative estimate of drug-likeness (QED) is 0.664. The van der Waals surface area contributed by atoms with Crippen LogP contribution in [0.2, 0.25) is 0 Å². The van der Waals surface area contributed by atoms with Gasteiger partial charge in [0.05, 0.1) is 5.69 Å². The summed E-state index contributed by atoms with van der Waals surface area (Å²) in [5, 5.41) is 0. The van der Waals surface area contributed by atoms with Crippen LogP contribution in [0.15, 0.2) is 18.2 Å². The SMILES string of the molecule is CCCCCCN(C)c1cc(F)ccc1F. The molecule has 0 heterocycles. The van der Waals surface area contributed by atoms with Gasteiger partial charge in [0, 0.05) is 19.7 Å². The molecule has 0 aliphatic heterocycles. The van der Waals surface area contributed by atoms with E-state index in [1.54, 1.807) is 11.9 Å². The first kappa shape index (κ1) is 12.9. The molecule has 0 saturated heterocycles. The van der Waals surface area contributed by atoms with E-state index in [9.17, 15) is 8.78 Å². The topological polar surface area (TPSA) is 3.24 Å². The largest absolute Gasteiger partial charge is 0.372 e. The van der Waals surface area contributed by atoms with Crippen molar-refractivity contribution in [3.8, 4) is 0 Å². The fourth-order valence-corrected chi connectivity index (χ4v) is 1.67. The minimum atomic E-state index is -0.392. The summed E-state index contributed by atoms with van der Waals surface area (Å²) in [5.41, 5.74) is 0.344. The number of unbranched alkanes of at least 4 members (excludes halogenated alkanes) is 3. The number of halogens is 2. The number of anilines is 1. The van der Waals surface area contributed by atoms with Crippen molar-refractivity contribution in [3.05, 3.63) is 29.8 Å². The molecule has 90 valence electrons. The molecule has 0 radical (unpaired) electrons. The van der Waals surface area contributed by atoms with Gasteiger partial charge in [-0.1, -0.05) is 26.2 Å². The van der Waals surface area contributed by atoms with E-state index in [2.05, 4.69) is 6.92 Å². The van der Waals surface area contributed by atoms with Gasteiger partial charge in [0.2, 0.25) is 0 Å². The van der Waals surface area contributed by atoms with Crippen LogP contribution in [0.25, 0.3) is 0 Å². The highest BCUT2D eigenvalue weighted by Crippen LogP contribution is 2.19. The van der Waals surface area contributed by atoms with Crippen molar-refractivity contribution >= 4 is 5.69 Å². The van der Waals surface area contributed by atoms with Crippen LogP contribution in [-0.2, 0) is 0 Å². The Kier molecular flexibility index (Phi) is 5.23. The molecule has 0 saturated carbocycles. The Morgan fingerprint density at radius 2 is 1.88 bits per heavy atom. The van der Waals surface area contributed by atoms with Crippen molar-refractivity contribution in [1.29, 1.82) is 0 Å². The Morgan fingerprint density at radius 3 is 2.56 bits per heavy atom. The molecule has 16 heavy (non-hydrogen) atoms. The highest BCUT2D eigenvalue weighted by molar-refractivity contribution is 5.47. The third-order valence-electron chi connectivity index (χ3n) is 2.67. The molecule has 0 N–H and O–H groups in total. The Balaban J connectivity index is 2.51. The molecular formula is C13H19F2N. The molecule has 0 bridgehead atoms. The van der Waals surface area contributed by atoms with Crippen molar-refractivity contribution in [2.75, 3.05) is 18.5 Å². The number of benzene rings is 1. The van der Waals surface area contributed by atoms with Gasteiger partial charge in [0.25, 0.3) is 0 Å². The summed E-state index contributed by atoms with van der Waals surface area (Å²) < 4.78 is 26.3. The number of hydrogen-bond donors (Lipinski definition) is 0. The molecule has 0 amide bonds. The molecule has 0 aliphatic carbocycles. The van der Waals surface area contributed by atoms with Crippen LogP contribution < -0.4 is 4.90 Å². The van der Waals surface area contributed by atoms with Crippen molar-refractivity contribution in [2.45, 2.75) is 32.6 Å². The van der Waals surface area contributed by atoms with E-state index in [-0.39, 0.29) is 5.82 Å². The van der Waals surface area contributed by atoms with Crippen LogP contribution in [0.4, 0.5) is 14.5 Å². The summed E-state index contributed by atoms with van der Waals surface area (Å²) in [6, 6.07) is 3.56. The highest BCUT2D eigenvalue weighted by atomic mass is 19.1. The van der Waals surface area contributed by atoms with Crippen LogP contribution >= 0.6 is 0 Å². The standard InChI is InChI=1S/C13H19F2N/c1-3-4-5-6-9-16(2)13-10-11(14)7-8-12(13)15/h7-8,10H,3-6,9H2,1-2H3. The zero-order chi connectivity index (χ0) is 12.0. The maximum absolute atomic E-state index is 13.4. The van der Waals surface area contributed by atoms with Crippen LogP contribution in [0, 0.1) is 11.6 Å². The molecule has 0 fully saturated rings. The lowest BCUT2D eigenvalue weighted by molar-refractivity contribution is 0.591. The fraction of sp³-hybridized carbons (Fsp3) is 0.538. The Hall–Kier alpha value is -1.12. The molecule has 1 nitrogen and oxygen atoms in total. The van der Waals surface area contributed by atoms with Gasteiger partial charge in [-0.25, -0.2) is 8.78 Å². The van der Waals surface area contributed by atoms with Crippen molar-refractivity contribution in [3.63, 3.8) is 0 Å². The average molecular weight is 227 g/mol. The zero-order valence-corrected chi connectivity index (χ0v) is 9.97. The summed E-state index contributed by atoms with van der Waals surface area (Å²) in [7, 11) is 1.80. The monoisotopic (exact) mass is 227 g/mol. The predicted octanol–water partition coefficient (Wildman–Crippen LogP) is 3.98. The molecule has 0 unspecified atom stereocenters. The molecule has 0 atom stereocenters. The lowest BCUT2D eigenvalue weighted by Gasteiger charge is -2.19. The van der Waals surface area contributed by atoms with Crippen LogP contribution in [0.3, 0.4) is 0 Å². The fourth-order valence-electron chi connectivity index (χ4n) is 1.67. The van der Waals surface area contributed by atoms with Crippen molar-refractivity contribution in [2.24, 2.45) is 0 Å². The highest BCUT2D eigenvalue weighted by Gasteiger charge is 2.08. The van der Waals surface area contributed by atoms with Crippen molar-refractivity contribution in [1.82, 2.24) is 0 Å². The smallest absolute Gasteiger partial charge is 0.146 e. The maximum Gasteiger partial charge on any atom is 0.146 e. The molecule has 3 heteroatoms. The van der Waals surface area contributed by atoms with Gasteiger partial charge in [0.15, 0.2) is 0 Å². The Labute approximate surface area is 96.1 Å². The van der Waals surface area contributed by atoms with Gasteiger partial charge in [-0.15, -0.1) is 0 Å². The van der Waals surface area contributed by atoms with Gasteiger partial charge in [-0.3, -0.25) is 0 Å². The molecule has 0 aromatic heterocycles. The minimum Gasteiger partial charge on any atom is -0.372 e. The van der Waals surface area contributed by atoms with Crippen LogP contribution in [0.5, 0.6) is 0 Å². The van der Waals surface area contributed by atoms with Gasteiger partial charge < -0.3 is 4.90 Å². The number of rotatable bonds is 6. The van der Waals surface area contributed by atoms with E-state index in [0.29, 0.717) is 5.69 Å². The van der Waals surface area contributed by atoms with Crippen LogP contribution in [-0.4, -0.2) is 13.6 Å². The Morgan fingerprint density at radius 1 is 1.12 bits per heavy atom.